The molecule has 1 unspecified atom stereocenters. The number of carboxylic acids is 1. The van der Waals surface area contributed by atoms with Gasteiger partial charge in [0.05, 0.1) is 13.2 Å². The topological polar surface area (TPSA) is 85.3 Å². The number of methoxy groups -OCH3 is 1. The summed E-state index contributed by atoms with van der Waals surface area (Å²) in [5, 5.41) is 9.56. The van der Waals surface area contributed by atoms with Gasteiger partial charge in [-0.1, -0.05) is 12.1 Å². The molecule has 25 heavy (non-hydrogen) atoms. The zero-order valence-electron chi connectivity index (χ0n) is 14.7. The predicted molar refractivity (Wildman–Crippen MR) is 90.9 cm³/mol. The van der Waals surface area contributed by atoms with Crippen LogP contribution in [0.25, 0.3) is 0 Å². The van der Waals surface area contributed by atoms with E-state index in [-0.39, 0.29) is 25.7 Å². The molecule has 138 valence electrons. The highest BCUT2D eigenvalue weighted by Crippen LogP contribution is 2.31. The largest absolute Gasteiger partial charge is 0.490 e. The lowest BCUT2D eigenvalue weighted by Gasteiger charge is -2.39. The molecule has 0 bridgehead atoms. The number of likely N-dealkylation sites (tertiary alicyclic amines) is 1. The Hall–Kier alpha value is -2.28. The monoisotopic (exact) mass is 351 g/mol. The molecule has 0 aromatic heterocycles. The molecule has 7 nitrogen and oxygen atoms in total. The predicted octanol–water partition coefficient (Wildman–Crippen LogP) is 1.80. The number of aliphatic carboxylic acids is 1. The summed E-state index contributed by atoms with van der Waals surface area (Å²) in [5.74, 6) is -0.103. The Morgan fingerprint density at radius 2 is 1.92 bits per heavy atom. The van der Waals surface area contributed by atoms with Crippen molar-refractivity contribution in [2.45, 2.75) is 19.8 Å². The second-order valence-electron chi connectivity index (χ2n) is 6.11. The molecule has 1 aliphatic heterocycles. The van der Waals surface area contributed by atoms with Crippen LogP contribution in [0.4, 0.5) is 0 Å². The van der Waals surface area contributed by atoms with Crippen LogP contribution in [0.3, 0.4) is 0 Å². The van der Waals surface area contributed by atoms with E-state index in [4.69, 9.17) is 14.2 Å². The number of hydrogen-bond acceptors (Lipinski definition) is 5. The molecule has 0 spiro atoms. The van der Waals surface area contributed by atoms with E-state index < -0.39 is 11.4 Å². The Balaban J connectivity index is 2.00. The fourth-order valence-corrected chi connectivity index (χ4v) is 3.05. The lowest BCUT2D eigenvalue weighted by molar-refractivity contribution is -0.159. The molecule has 2 rings (SSSR count). The molecule has 0 aliphatic carbocycles. The molecule has 0 radical (unpaired) electrons. The highest BCUT2D eigenvalue weighted by atomic mass is 16.5. The number of rotatable bonds is 8. The second-order valence-corrected chi connectivity index (χ2v) is 6.11. The minimum absolute atomic E-state index is 0.0835. The van der Waals surface area contributed by atoms with Crippen molar-refractivity contribution in [3.63, 3.8) is 0 Å². The van der Waals surface area contributed by atoms with Gasteiger partial charge >= 0.3 is 5.97 Å². The molecule has 1 atom stereocenters. The Bertz CT molecular complexity index is 601. The first-order chi connectivity index (χ1) is 12.0. The zero-order valence-corrected chi connectivity index (χ0v) is 14.7. The third kappa shape index (κ3) is 4.63. The van der Waals surface area contributed by atoms with Gasteiger partial charge in [0.1, 0.15) is 5.41 Å². The Labute approximate surface area is 147 Å². The molecule has 7 heteroatoms. The Morgan fingerprint density at radius 3 is 2.52 bits per heavy atom. The van der Waals surface area contributed by atoms with Crippen LogP contribution in [-0.2, 0) is 14.3 Å². The van der Waals surface area contributed by atoms with Crippen molar-refractivity contribution in [2.75, 3.05) is 40.0 Å². The Morgan fingerprint density at radius 1 is 1.24 bits per heavy atom. The van der Waals surface area contributed by atoms with Gasteiger partial charge in [0.2, 0.25) is 0 Å². The summed E-state index contributed by atoms with van der Waals surface area (Å²) in [6.45, 7) is 2.95. The van der Waals surface area contributed by atoms with E-state index in [1.54, 1.807) is 23.1 Å². The van der Waals surface area contributed by atoms with Crippen LogP contribution < -0.4 is 9.47 Å². The van der Waals surface area contributed by atoms with E-state index in [1.807, 2.05) is 13.0 Å². The van der Waals surface area contributed by atoms with Crippen molar-refractivity contribution in [3.8, 4) is 11.5 Å². The fraction of sp³-hybridized carbons (Fsp3) is 0.556. The maximum absolute atomic E-state index is 12.5. The number of hydrogen-bond donors (Lipinski definition) is 1. The van der Waals surface area contributed by atoms with Crippen LogP contribution in [0.15, 0.2) is 24.3 Å². The summed E-state index contributed by atoms with van der Waals surface area (Å²) in [5.41, 5.74) is -1.05. The van der Waals surface area contributed by atoms with E-state index in [2.05, 4.69) is 0 Å². The summed E-state index contributed by atoms with van der Waals surface area (Å²) in [6, 6.07) is 7.15. The number of piperidine rings is 1. The van der Waals surface area contributed by atoms with Gasteiger partial charge < -0.3 is 24.2 Å². The van der Waals surface area contributed by atoms with Crippen LogP contribution in [0.5, 0.6) is 11.5 Å². The van der Waals surface area contributed by atoms with Gasteiger partial charge in [0.25, 0.3) is 5.91 Å². The van der Waals surface area contributed by atoms with Crippen molar-refractivity contribution in [3.05, 3.63) is 24.3 Å². The van der Waals surface area contributed by atoms with E-state index in [0.717, 1.165) is 0 Å². The minimum Gasteiger partial charge on any atom is -0.490 e. The lowest BCUT2D eigenvalue weighted by Crippen LogP contribution is -2.53. The maximum Gasteiger partial charge on any atom is 0.313 e. The molecule has 1 heterocycles. The highest BCUT2D eigenvalue weighted by Gasteiger charge is 2.43. The third-order valence-corrected chi connectivity index (χ3v) is 4.30. The van der Waals surface area contributed by atoms with Crippen LogP contribution in [0.1, 0.15) is 19.8 Å². The SMILES string of the molecule is CCOc1ccccc1OCC(=O)N1CCCC(COC)(C(=O)O)C1. The van der Waals surface area contributed by atoms with Crippen LogP contribution >= 0.6 is 0 Å². The van der Waals surface area contributed by atoms with Gasteiger partial charge in [-0.2, -0.15) is 0 Å². The van der Waals surface area contributed by atoms with Gasteiger partial charge in [0.15, 0.2) is 18.1 Å². The number of amides is 1. The summed E-state index contributed by atoms with van der Waals surface area (Å²) >= 11 is 0. The van der Waals surface area contributed by atoms with Gasteiger partial charge in [-0.05, 0) is 31.9 Å². The number of para-hydroxylation sites is 2. The van der Waals surface area contributed by atoms with E-state index >= 15 is 0 Å². The van der Waals surface area contributed by atoms with Crippen molar-refractivity contribution in [1.82, 2.24) is 4.90 Å². The molecular weight excluding hydrogens is 326 g/mol. The fourth-order valence-electron chi connectivity index (χ4n) is 3.05. The summed E-state index contributed by atoms with van der Waals surface area (Å²) < 4.78 is 16.1. The van der Waals surface area contributed by atoms with Crippen LogP contribution in [0, 0.1) is 5.41 Å². The number of ether oxygens (including phenoxy) is 3. The molecule has 1 aromatic rings. The zero-order chi connectivity index (χ0) is 18.3. The number of carbonyl (C=O) groups excluding carboxylic acids is 1. The lowest BCUT2D eigenvalue weighted by atomic mass is 9.80. The van der Waals surface area contributed by atoms with Crippen molar-refractivity contribution >= 4 is 11.9 Å². The van der Waals surface area contributed by atoms with Gasteiger partial charge in [-0.15, -0.1) is 0 Å². The third-order valence-electron chi connectivity index (χ3n) is 4.30. The molecular formula is C18H25NO6. The van der Waals surface area contributed by atoms with E-state index in [0.29, 0.717) is 37.5 Å². The average molecular weight is 351 g/mol. The molecule has 1 aliphatic rings. The summed E-state index contributed by atoms with van der Waals surface area (Å²) in [4.78, 5) is 25.7. The van der Waals surface area contributed by atoms with Crippen molar-refractivity contribution in [1.29, 1.82) is 0 Å². The van der Waals surface area contributed by atoms with E-state index in [1.165, 1.54) is 7.11 Å². The second kappa shape index (κ2) is 8.71. The maximum atomic E-state index is 12.5. The smallest absolute Gasteiger partial charge is 0.313 e. The molecule has 1 amide bonds. The number of carbonyl (C=O) groups is 2. The van der Waals surface area contributed by atoms with Gasteiger partial charge in [0, 0.05) is 20.2 Å². The first-order valence-electron chi connectivity index (χ1n) is 8.37. The summed E-state index contributed by atoms with van der Waals surface area (Å²) in [6.07, 6.45) is 1.12. The molecule has 1 N–H and O–H groups in total. The van der Waals surface area contributed by atoms with Gasteiger partial charge in [-0.25, -0.2) is 0 Å². The molecule has 1 saturated heterocycles. The van der Waals surface area contributed by atoms with Crippen LogP contribution in [-0.4, -0.2) is 61.9 Å². The Kier molecular flexibility index (Phi) is 6.64. The van der Waals surface area contributed by atoms with Crippen molar-refractivity contribution in [2.24, 2.45) is 5.41 Å². The van der Waals surface area contributed by atoms with Crippen LogP contribution in [0.2, 0.25) is 0 Å². The molecule has 1 aromatic carbocycles. The quantitative estimate of drug-likeness (QED) is 0.769. The molecule has 0 saturated carbocycles. The molecule has 1 fully saturated rings. The number of benzene rings is 1. The highest BCUT2D eigenvalue weighted by molar-refractivity contribution is 5.80. The number of carboxylic acid groups (broad SMARTS) is 1. The van der Waals surface area contributed by atoms with E-state index in [9.17, 15) is 14.7 Å². The normalized spacial score (nSPS) is 20.2. The first kappa shape index (κ1) is 19.1. The summed E-state index contributed by atoms with van der Waals surface area (Å²) in [7, 11) is 1.47. The van der Waals surface area contributed by atoms with Gasteiger partial charge in [-0.3, -0.25) is 9.59 Å². The van der Waals surface area contributed by atoms with Crippen molar-refractivity contribution < 1.29 is 28.9 Å². The standard InChI is InChI=1S/C18H25NO6/c1-3-24-14-7-4-5-8-15(14)25-11-16(20)19-10-6-9-18(12-19,13-23-2)17(21)22/h4-5,7-8H,3,6,9-13H2,1-2H3,(H,21,22). The average Bonchev–Trinajstić information content (AvgIpc) is 2.61. The number of nitrogens with zero attached hydrogens (tertiary/aromatic N) is 1. The minimum atomic E-state index is -1.05. The first-order valence-corrected chi connectivity index (χ1v) is 8.37.